The number of nitrogens with zero attached hydrogens (tertiary/aromatic N) is 2. The van der Waals surface area contributed by atoms with Crippen molar-refractivity contribution in [2.75, 3.05) is 18.0 Å². The van der Waals surface area contributed by atoms with Crippen molar-refractivity contribution in [2.45, 2.75) is 63.3 Å². The van der Waals surface area contributed by atoms with Crippen molar-refractivity contribution >= 4 is 39.1 Å². The van der Waals surface area contributed by atoms with Crippen molar-refractivity contribution in [1.82, 2.24) is 10.2 Å². The summed E-state index contributed by atoms with van der Waals surface area (Å²) in [6.45, 7) is 4.39. The molecular formula is C37H39ClF3N3O5S. The number of carbonyl (C=O) groups is 2. The summed E-state index contributed by atoms with van der Waals surface area (Å²) >= 11 is 5.89. The molecule has 0 spiro atoms. The molecule has 0 aromatic heterocycles. The Morgan fingerprint density at radius 3 is 2.20 bits per heavy atom. The molecule has 4 aromatic rings. The summed E-state index contributed by atoms with van der Waals surface area (Å²) < 4.78 is 76.4. The van der Waals surface area contributed by atoms with E-state index in [1.807, 2.05) is 19.9 Å². The molecule has 4 rings (SSSR count). The molecule has 2 amide bonds. The van der Waals surface area contributed by atoms with Crippen LogP contribution in [0.15, 0.2) is 102 Å². The highest BCUT2D eigenvalue weighted by Gasteiger charge is 2.38. The third-order valence-corrected chi connectivity index (χ3v) is 10.3. The highest BCUT2D eigenvalue weighted by molar-refractivity contribution is 7.92. The normalized spacial score (nSPS) is 12.9. The zero-order valence-electron chi connectivity index (χ0n) is 28.1. The summed E-state index contributed by atoms with van der Waals surface area (Å²) in [7, 11) is -3.15. The molecule has 8 nitrogen and oxygen atoms in total. The fourth-order valence-corrected chi connectivity index (χ4v) is 6.85. The van der Waals surface area contributed by atoms with Crippen LogP contribution in [-0.2, 0) is 38.8 Å². The zero-order valence-corrected chi connectivity index (χ0v) is 29.6. The topological polar surface area (TPSA) is 96.0 Å². The first-order valence-electron chi connectivity index (χ1n) is 15.9. The summed E-state index contributed by atoms with van der Waals surface area (Å²) in [6, 6.07) is 22.8. The Labute approximate surface area is 295 Å². The number of alkyl halides is 3. The van der Waals surface area contributed by atoms with Crippen LogP contribution >= 0.6 is 11.6 Å². The van der Waals surface area contributed by atoms with E-state index >= 15 is 0 Å². The molecule has 0 heterocycles. The molecule has 0 bridgehead atoms. The number of carbonyl (C=O) groups excluding carboxylic acids is 2. The number of amides is 2. The van der Waals surface area contributed by atoms with Crippen LogP contribution in [0.2, 0.25) is 5.02 Å². The minimum Gasteiger partial charge on any atom is -0.497 e. The Hall–Kier alpha value is -4.55. The van der Waals surface area contributed by atoms with Gasteiger partial charge in [-0.15, -0.1) is 0 Å². The van der Waals surface area contributed by atoms with Gasteiger partial charge in [0.15, 0.2) is 0 Å². The fourth-order valence-electron chi connectivity index (χ4n) is 5.21. The Morgan fingerprint density at radius 1 is 0.920 bits per heavy atom. The van der Waals surface area contributed by atoms with Crippen LogP contribution in [0.3, 0.4) is 0 Å². The molecule has 0 saturated carbocycles. The SMILES string of the molecule is CC[C@@H](C)NC(=O)[C@H](Cc1ccccc1)N(Cc1cccc(OC)c1)C(=O)CN(c1ccc(Cl)c(C(F)(F)F)c1)S(=O)(=O)c1ccc(C)cc1. The third-order valence-electron chi connectivity index (χ3n) is 8.19. The molecule has 0 aliphatic heterocycles. The Bertz CT molecular complexity index is 1890. The Kier molecular flexibility index (Phi) is 12.6. The number of anilines is 1. The van der Waals surface area contributed by atoms with Gasteiger partial charge in [0.2, 0.25) is 11.8 Å². The molecule has 0 radical (unpaired) electrons. The summed E-state index contributed by atoms with van der Waals surface area (Å²) in [5, 5.41) is 2.31. The lowest BCUT2D eigenvalue weighted by molar-refractivity contribution is -0.140. The van der Waals surface area contributed by atoms with E-state index in [0.29, 0.717) is 28.1 Å². The van der Waals surface area contributed by atoms with Crippen molar-refractivity contribution in [3.63, 3.8) is 0 Å². The van der Waals surface area contributed by atoms with Crippen LogP contribution in [0.5, 0.6) is 5.75 Å². The van der Waals surface area contributed by atoms with Crippen molar-refractivity contribution in [1.29, 1.82) is 0 Å². The minimum absolute atomic E-state index is 0.0721. The maximum atomic E-state index is 14.6. The summed E-state index contributed by atoms with van der Waals surface area (Å²) in [4.78, 5) is 29.6. The maximum Gasteiger partial charge on any atom is 0.417 e. The molecule has 0 aliphatic rings. The molecule has 4 aromatic carbocycles. The average Bonchev–Trinajstić information content (AvgIpc) is 3.09. The van der Waals surface area contributed by atoms with Crippen LogP contribution in [0.4, 0.5) is 18.9 Å². The maximum absolute atomic E-state index is 14.6. The van der Waals surface area contributed by atoms with E-state index in [1.165, 1.54) is 24.1 Å². The molecule has 1 N–H and O–H groups in total. The lowest BCUT2D eigenvalue weighted by Gasteiger charge is -2.34. The van der Waals surface area contributed by atoms with Crippen LogP contribution in [0, 0.1) is 6.92 Å². The minimum atomic E-state index is -4.91. The molecule has 2 atom stereocenters. The standard InChI is InChI=1S/C37H39ClF3N3O5S/c1-5-26(3)42-36(46)34(21-27-10-7-6-8-11-27)43(23-28-12-9-13-30(20-28)49-4)35(45)24-44(50(47,48)31-17-14-25(2)15-18-31)29-16-19-33(38)32(22-29)37(39,40)41/h6-20,22,26,34H,5,21,23-24H2,1-4H3,(H,42,46)/t26-,34+/m1/s1. The highest BCUT2D eigenvalue weighted by Crippen LogP contribution is 2.38. The highest BCUT2D eigenvalue weighted by atomic mass is 35.5. The smallest absolute Gasteiger partial charge is 0.417 e. The third kappa shape index (κ3) is 9.57. The first-order chi connectivity index (χ1) is 23.6. The molecular weight excluding hydrogens is 691 g/mol. The predicted octanol–water partition coefficient (Wildman–Crippen LogP) is 7.43. The lowest BCUT2D eigenvalue weighted by Crippen LogP contribution is -2.54. The molecule has 13 heteroatoms. The Balaban J connectivity index is 1.88. The Morgan fingerprint density at radius 2 is 1.58 bits per heavy atom. The van der Waals surface area contributed by atoms with Gasteiger partial charge in [-0.05, 0) is 73.9 Å². The number of hydrogen-bond donors (Lipinski definition) is 1. The van der Waals surface area contributed by atoms with E-state index in [4.69, 9.17) is 16.3 Å². The van der Waals surface area contributed by atoms with E-state index in [2.05, 4.69) is 5.32 Å². The number of benzene rings is 4. The quantitative estimate of drug-likeness (QED) is 0.146. The largest absolute Gasteiger partial charge is 0.497 e. The second-order valence-corrected chi connectivity index (χ2v) is 14.2. The number of methoxy groups -OCH3 is 1. The summed E-state index contributed by atoms with van der Waals surface area (Å²) in [5.41, 5.74) is 0.359. The number of hydrogen-bond acceptors (Lipinski definition) is 5. The average molecular weight is 730 g/mol. The van der Waals surface area contributed by atoms with Crippen molar-refractivity contribution in [3.05, 3.63) is 124 Å². The number of aryl methyl sites for hydroxylation is 1. The van der Waals surface area contributed by atoms with Gasteiger partial charge in [-0.25, -0.2) is 8.42 Å². The first-order valence-corrected chi connectivity index (χ1v) is 17.7. The van der Waals surface area contributed by atoms with Gasteiger partial charge < -0.3 is 15.0 Å². The van der Waals surface area contributed by atoms with Gasteiger partial charge in [-0.1, -0.05) is 78.7 Å². The molecule has 0 aliphatic carbocycles. The predicted molar refractivity (Wildman–Crippen MR) is 188 cm³/mol. The van der Waals surface area contributed by atoms with Gasteiger partial charge in [0.05, 0.1) is 28.3 Å². The number of sulfonamides is 1. The molecule has 266 valence electrons. The number of ether oxygens (including phenoxy) is 1. The van der Waals surface area contributed by atoms with E-state index < -0.39 is 56.9 Å². The van der Waals surface area contributed by atoms with Crippen molar-refractivity contribution in [2.24, 2.45) is 0 Å². The van der Waals surface area contributed by atoms with Gasteiger partial charge >= 0.3 is 6.18 Å². The first kappa shape index (κ1) is 38.3. The van der Waals surface area contributed by atoms with Gasteiger partial charge in [0, 0.05) is 19.0 Å². The van der Waals surface area contributed by atoms with Gasteiger partial charge in [0.1, 0.15) is 18.3 Å². The fraction of sp³-hybridized carbons (Fsp3) is 0.297. The number of halogens is 4. The second-order valence-electron chi connectivity index (χ2n) is 11.9. The molecule has 0 saturated heterocycles. The molecule has 0 fully saturated rings. The van der Waals surface area contributed by atoms with Gasteiger partial charge in [-0.3, -0.25) is 13.9 Å². The van der Waals surface area contributed by atoms with Crippen LogP contribution in [0.1, 0.15) is 42.5 Å². The van der Waals surface area contributed by atoms with Crippen molar-refractivity contribution in [3.8, 4) is 5.75 Å². The molecule has 0 unspecified atom stereocenters. The zero-order chi connectivity index (χ0) is 36.6. The number of nitrogens with one attached hydrogen (secondary N) is 1. The second kappa shape index (κ2) is 16.4. The lowest BCUT2D eigenvalue weighted by atomic mass is 10.0. The summed E-state index contributed by atoms with van der Waals surface area (Å²) in [6.07, 6.45) is -4.24. The van der Waals surface area contributed by atoms with E-state index in [-0.39, 0.29) is 23.9 Å². The van der Waals surface area contributed by atoms with Crippen LogP contribution in [0.25, 0.3) is 0 Å². The van der Waals surface area contributed by atoms with Crippen molar-refractivity contribution < 1.29 is 35.9 Å². The molecule has 50 heavy (non-hydrogen) atoms. The van der Waals surface area contributed by atoms with Gasteiger partial charge in [-0.2, -0.15) is 13.2 Å². The van der Waals surface area contributed by atoms with E-state index in [9.17, 15) is 31.2 Å². The van der Waals surface area contributed by atoms with Crippen LogP contribution in [-0.4, -0.2) is 50.9 Å². The monoisotopic (exact) mass is 729 g/mol. The summed E-state index contributed by atoms with van der Waals surface area (Å²) in [5.74, 6) is -0.812. The number of rotatable bonds is 14. The van der Waals surface area contributed by atoms with Crippen LogP contribution < -0.4 is 14.4 Å². The van der Waals surface area contributed by atoms with E-state index in [1.54, 1.807) is 67.6 Å². The van der Waals surface area contributed by atoms with E-state index in [0.717, 1.165) is 23.3 Å². The van der Waals surface area contributed by atoms with Gasteiger partial charge in [0.25, 0.3) is 10.0 Å².